The molecule has 0 N–H and O–H groups in total. The Morgan fingerprint density at radius 1 is 0.963 bits per heavy atom. The normalized spacial score (nSPS) is 18.4. The maximum atomic E-state index is 15.2. The van der Waals surface area contributed by atoms with Gasteiger partial charge in [0.25, 0.3) is 0 Å². The second-order valence-electron chi connectivity index (χ2n) is 13.4. The highest BCUT2D eigenvalue weighted by Gasteiger charge is 2.38. The Balaban J connectivity index is 1.28. The molecular weight excluding hydrogens is 750 g/mol. The Kier molecular flexibility index (Phi) is 12.4. The molecule has 3 aromatic carbocycles. The van der Waals surface area contributed by atoms with Crippen LogP contribution in [-0.4, -0.2) is 55.4 Å². The van der Waals surface area contributed by atoms with Gasteiger partial charge < -0.3 is 24.2 Å². The highest BCUT2D eigenvalue weighted by atomic mass is 35.5. The molecule has 54 heavy (non-hydrogen) atoms. The van der Waals surface area contributed by atoms with E-state index < -0.39 is 36.7 Å². The molecule has 7 rings (SSSR count). The average molecular weight is 789 g/mol. The molecular formula is C39H38Cl2F3N3O7. The monoisotopic (exact) mass is 787 g/mol. The Bertz CT molecular complexity index is 1960. The highest BCUT2D eigenvalue weighted by molar-refractivity contribution is 6.35. The first-order valence-corrected chi connectivity index (χ1v) is 18.2. The minimum atomic E-state index is -3.12. The number of amides is 1. The van der Waals surface area contributed by atoms with Gasteiger partial charge in [-0.25, -0.2) is 14.0 Å². The number of carbonyl (C=O) groups is 2. The molecule has 3 aliphatic heterocycles. The molecule has 1 amide bonds. The third kappa shape index (κ3) is 9.49. The van der Waals surface area contributed by atoms with Gasteiger partial charge in [0.2, 0.25) is 0 Å². The number of nitrogens with zero attached hydrogens (tertiary/aromatic N) is 3. The van der Waals surface area contributed by atoms with Crippen molar-refractivity contribution in [1.29, 1.82) is 0 Å². The van der Waals surface area contributed by atoms with Crippen molar-refractivity contribution in [2.24, 2.45) is 5.92 Å². The lowest BCUT2D eigenvalue weighted by atomic mass is 9.86. The molecule has 15 heteroatoms. The van der Waals surface area contributed by atoms with E-state index in [-0.39, 0.29) is 57.8 Å². The molecule has 1 aromatic heterocycles. The zero-order valence-electron chi connectivity index (χ0n) is 29.4. The number of halogens is 5. The van der Waals surface area contributed by atoms with Gasteiger partial charge in [-0.05, 0) is 93.2 Å². The number of pyridine rings is 1. The van der Waals surface area contributed by atoms with Crippen LogP contribution in [0.2, 0.25) is 10.0 Å². The Labute approximate surface area is 320 Å². The predicted octanol–water partition coefficient (Wildman–Crippen LogP) is 8.53. The molecule has 3 fully saturated rings. The van der Waals surface area contributed by atoms with Crippen LogP contribution in [0.4, 0.5) is 23.7 Å². The summed E-state index contributed by atoms with van der Waals surface area (Å²) in [6.07, 6.45) is 1.34. The summed E-state index contributed by atoms with van der Waals surface area (Å²) < 4.78 is 64.5. The van der Waals surface area contributed by atoms with Gasteiger partial charge in [0, 0.05) is 18.5 Å². The number of hydrogen-bond acceptors (Lipinski definition) is 8. The van der Waals surface area contributed by atoms with Gasteiger partial charge in [0.15, 0.2) is 23.9 Å². The lowest BCUT2D eigenvalue weighted by molar-refractivity contribution is -0.605. The van der Waals surface area contributed by atoms with E-state index in [1.807, 2.05) is 0 Å². The average Bonchev–Trinajstić information content (AvgIpc) is 3.13. The van der Waals surface area contributed by atoms with Gasteiger partial charge in [-0.1, -0.05) is 53.5 Å². The lowest BCUT2D eigenvalue weighted by Crippen LogP contribution is -2.53. The molecule has 3 saturated heterocycles. The highest BCUT2D eigenvalue weighted by Crippen LogP contribution is 2.37. The first kappa shape index (κ1) is 39.0. The smallest absolute Gasteiger partial charge is 0.415 e. The van der Waals surface area contributed by atoms with Crippen molar-refractivity contribution in [3.05, 3.63) is 122 Å². The summed E-state index contributed by atoms with van der Waals surface area (Å²) in [4.78, 5) is 31.1. The van der Waals surface area contributed by atoms with Crippen molar-refractivity contribution in [2.75, 3.05) is 24.5 Å². The zero-order chi connectivity index (χ0) is 38.5. The van der Waals surface area contributed by atoms with Gasteiger partial charge in [0.1, 0.15) is 28.1 Å². The lowest BCUT2D eigenvalue weighted by Gasteiger charge is -2.44. The molecule has 286 valence electrons. The van der Waals surface area contributed by atoms with E-state index in [2.05, 4.69) is 9.64 Å². The summed E-state index contributed by atoms with van der Waals surface area (Å²) in [6.45, 7) is 2.69. The van der Waals surface area contributed by atoms with E-state index in [9.17, 15) is 23.6 Å². The third-order valence-electron chi connectivity index (χ3n) is 9.33. The summed E-state index contributed by atoms with van der Waals surface area (Å²) in [6, 6.07) is 16.3. The van der Waals surface area contributed by atoms with Crippen LogP contribution in [0.3, 0.4) is 0 Å². The fourth-order valence-corrected chi connectivity index (χ4v) is 7.33. The van der Waals surface area contributed by atoms with Crippen molar-refractivity contribution in [3.63, 3.8) is 0 Å². The summed E-state index contributed by atoms with van der Waals surface area (Å²) in [5.41, 5.74) is 1.20. The van der Waals surface area contributed by atoms with Gasteiger partial charge in [-0.2, -0.15) is 13.5 Å². The molecule has 4 heterocycles. The van der Waals surface area contributed by atoms with Crippen LogP contribution in [0.15, 0.2) is 79.1 Å². The van der Waals surface area contributed by atoms with Crippen LogP contribution < -0.4 is 19.1 Å². The number of esters is 1. The van der Waals surface area contributed by atoms with E-state index in [0.717, 1.165) is 38.3 Å². The van der Waals surface area contributed by atoms with Crippen molar-refractivity contribution in [2.45, 2.75) is 64.6 Å². The molecule has 2 bridgehead atoms. The third-order valence-corrected chi connectivity index (χ3v) is 9.98. The van der Waals surface area contributed by atoms with Crippen molar-refractivity contribution < 1.29 is 46.4 Å². The molecule has 2 atom stereocenters. The number of ether oxygens (including phenoxy) is 4. The van der Waals surface area contributed by atoms with Crippen LogP contribution in [0.1, 0.15) is 59.8 Å². The minimum absolute atomic E-state index is 0.00946. The summed E-state index contributed by atoms with van der Waals surface area (Å²) in [5, 5.41) is 12.0. The van der Waals surface area contributed by atoms with E-state index in [1.165, 1.54) is 53.4 Å². The molecule has 10 nitrogen and oxygen atoms in total. The van der Waals surface area contributed by atoms with Crippen molar-refractivity contribution in [3.8, 4) is 11.5 Å². The van der Waals surface area contributed by atoms with E-state index in [4.69, 9.17) is 37.4 Å². The molecule has 4 aromatic rings. The number of hydrogen-bond donors (Lipinski definition) is 0. The van der Waals surface area contributed by atoms with Crippen molar-refractivity contribution in [1.82, 2.24) is 4.90 Å². The molecule has 0 spiro atoms. The van der Waals surface area contributed by atoms with Crippen LogP contribution in [0.25, 0.3) is 0 Å². The van der Waals surface area contributed by atoms with Gasteiger partial charge in [-0.15, -0.1) is 0 Å². The topological polar surface area (TPSA) is 104 Å². The number of carbonyl (C=O) groups excluding carboxylic acids is 2. The molecule has 0 aliphatic carbocycles. The Morgan fingerprint density at radius 3 is 2.33 bits per heavy atom. The predicted molar refractivity (Wildman–Crippen MR) is 195 cm³/mol. The summed E-state index contributed by atoms with van der Waals surface area (Å²) in [5.74, 6) is -1.43. The number of para-hydroxylation sites is 1. The van der Waals surface area contributed by atoms with Crippen molar-refractivity contribution >= 4 is 41.0 Å². The number of benzene rings is 3. The minimum Gasteiger partial charge on any atom is -0.619 e. The van der Waals surface area contributed by atoms with Crippen LogP contribution >= 0.6 is 23.2 Å². The maximum Gasteiger partial charge on any atom is 0.415 e. The van der Waals surface area contributed by atoms with Crippen LogP contribution in [0.5, 0.6) is 11.5 Å². The SMILES string of the molecule is CC(C)Oc1cc([C@H](Cc2c(Cl)c[n+]([O-])cc2Cl)OC(=O)c2cccc(CN(C(=O)O[C@H]3CN4CCC3CC4)c3ccccc3F)c2)ccc1OC(F)F. The van der Waals surface area contributed by atoms with Crippen LogP contribution in [0, 0.1) is 16.9 Å². The number of aromatic nitrogens is 1. The zero-order valence-corrected chi connectivity index (χ0v) is 30.9. The number of alkyl halides is 2. The Morgan fingerprint density at radius 2 is 1.69 bits per heavy atom. The molecule has 0 saturated carbocycles. The maximum absolute atomic E-state index is 15.2. The van der Waals surface area contributed by atoms with Gasteiger partial charge in [0.05, 0.1) is 23.9 Å². The number of anilines is 1. The molecule has 3 aliphatic rings. The first-order valence-electron chi connectivity index (χ1n) is 17.4. The number of rotatable bonds is 13. The largest absolute Gasteiger partial charge is 0.619 e. The fourth-order valence-electron chi connectivity index (χ4n) is 6.74. The summed E-state index contributed by atoms with van der Waals surface area (Å²) >= 11 is 12.8. The summed E-state index contributed by atoms with van der Waals surface area (Å²) in [7, 11) is 0. The second kappa shape index (κ2) is 17.2. The number of piperidine rings is 3. The molecule has 0 unspecified atom stereocenters. The standard InChI is InChI=1S/C39H38Cl2F3N3O7/c1-23(2)51-35-17-26(10-11-33(35)53-38(43)44)34(18-28-29(40)20-46(50)21-30(28)41)52-37(48)27-7-5-6-24(16-27)19-47(32-9-4-3-8-31(32)42)39(49)54-36-22-45-14-12-25(36)13-15-45/h3-11,16-17,20-21,23,25,34,36,38H,12-15,18-19,22H2,1-2H3/t34-,36-/m0/s1. The van der Waals surface area contributed by atoms with Gasteiger partial charge >= 0.3 is 18.7 Å². The second-order valence-corrected chi connectivity index (χ2v) is 14.3. The van der Waals surface area contributed by atoms with Gasteiger partial charge in [-0.3, -0.25) is 9.80 Å². The Hall–Kier alpha value is -4.72. The van der Waals surface area contributed by atoms with E-state index in [1.54, 1.807) is 32.0 Å². The van der Waals surface area contributed by atoms with E-state index in [0.29, 0.717) is 28.0 Å². The quantitative estimate of drug-likeness (QED) is 0.0755. The van der Waals surface area contributed by atoms with E-state index >= 15 is 4.39 Å². The fraction of sp³-hybridized carbons (Fsp3) is 0.359. The molecule has 0 radical (unpaired) electrons. The van der Waals surface area contributed by atoms with Crippen LogP contribution in [-0.2, 0) is 22.4 Å². The number of fused-ring (bicyclic) bond motifs is 3. The first-order chi connectivity index (χ1) is 25.8.